The van der Waals surface area contributed by atoms with Gasteiger partial charge in [0.25, 0.3) is 0 Å². The van der Waals surface area contributed by atoms with Crippen molar-refractivity contribution < 1.29 is 9.59 Å². The summed E-state index contributed by atoms with van der Waals surface area (Å²) in [5.74, 6) is 0.0143. The molecule has 0 aliphatic heterocycles. The van der Waals surface area contributed by atoms with Crippen LogP contribution >= 0.6 is 12.4 Å². The highest BCUT2D eigenvalue weighted by molar-refractivity contribution is 5.85. The SMILES string of the molecule is CCC(CC)(CN)NC(=O)CCCNC(=O)C(C)(C)C.Cl. The van der Waals surface area contributed by atoms with Gasteiger partial charge in [-0.1, -0.05) is 34.6 Å². The van der Waals surface area contributed by atoms with E-state index in [2.05, 4.69) is 10.6 Å². The van der Waals surface area contributed by atoms with Gasteiger partial charge in [-0.2, -0.15) is 0 Å². The number of hydrogen-bond donors (Lipinski definition) is 3. The van der Waals surface area contributed by atoms with Crippen molar-refractivity contribution >= 4 is 24.2 Å². The van der Waals surface area contributed by atoms with Crippen LogP contribution in [0.4, 0.5) is 0 Å². The Kier molecular flexibility index (Phi) is 10.7. The first-order valence-electron chi connectivity index (χ1n) is 7.50. The van der Waals surface area contributed by atoms with Gasteiger partial charge in [0, 0.05) is 24.9 Å². The molecule has 0 radical (unpaired) electrons. The van der Waals surface area contributed by atoms with E-state index in [1.807, 2.05) is 34.6 Å². The molecule has 0 aromatic carbocycles. The molecule has 5 nitrogen and oxygen atoms in total. The largest absolute Gasteiger partial charge is 0.356 e. The summed E-state index contributed by atoms with van der Waals surface area (Å²) in [4.78, 5) is 23.5. The fourth-order valence-corrected chi connectivity index (χ4v) is 1.84. The van der Waals surface area contributed by atoms with Gasteiger partial charge < -0.3 is 16.4 Å². The van der Waals surface area contributed by atoms with Gasteiger partial charge in [-0.05, 0) is 19.3 Å². The lowest BCUT2D eigenvalue weighted by Gasteiger charge is -2.31. The zero-order valence-corrected chi connectivity index (χ0v) is 14.9. The maximum Gasteiger partial charge on any atom is 0.225 e. The minimum atomic E-state index is -0.388. The molecule has 0 atom stereocenters. The van der Waals surface area contributed by atoms with Crippen LogP contribution < -0.4 is 16.4 Å². The zero-order chi connectivity index (χ0) is 15.8. The molecule has 0 saturated carbocycles. The Hall–Kier alpha value is -0.810. The fourth-order valence-electron chi connectivity index (χ4n) is 1.84. The van der Waals surface area contributed by atoms with Gasteiger partial charge in [-0.3, -0.25) is 9.59 Å². The lowest BCUT2D eigenvalue weighted by Crippen LogP contribution is -2.52. The number of halogens is 1. The number of nitrogens with two attached hydrogens (primary N) is 1. The highest BCUT2D eigenvalue weighted by Crippen LogP contribution is 2.14. The molecule has 0 rings (SSSR count). The van der Waals surface area contributed by atoms with Crippen LogP contribution in [0.5, 0.6) is 0 Å². The summed E-state index contributed by atoms with van der Waals surface area (Å²) in [7, 11) is 0. The summed E-state index contributed by atoms with van der Waals surface area (Å²) in [6.07, 6.45) is 2.70. The summed E-state index contributed by atoms with van der Waals surface area (Å²) in [6.45, 7) is 10.6. The predicted octanol–water partition coefficient (Wildman–Crippen LogP) is 1.98. The Morgan fingerprint density at radius 3 is 2.00 bits per heavy atom. The number of hydrogen-bond acceptors (Lipinski definition) is 3. The molecule has 0 heterocycles. The van der Waals surface area contributed by atoms with Crippen molar-refractivity contribution in [1.82, 2.24) is 10.6 Å². The standard InChI is InChI=1S/C15H31N3O2.ClH/c1-6-15(7-2,11-16)18-12(19)9-8-10-17-13(20)14(3,4)5;/h6-11,16H2,1-5H3,(H,17,20)(H,18,19);1H. The van der Waals surface area contributed by atoms with Crippen molar-refractivity contribution in [2.45, 2.75) is 65.8 Å². The summed E-state index contributed by atoms with van der Waals surface area (Å²) in [6, 6.07) is 0. The highest BCUT2D eigenvalue weighted by atomic mass is 35.5. The Balaban J connectivity index is 0. The van der Waals surface area contributed by atoms with Crippen LogP contribution in [-0.2, 0) is 9.59 Å². The summed E-state index contributed by atoms with van der Waals surface area (Å²) < 4.78 is 0. The van der Waals surface area contributed by atoms with Crippen molar-refractivity contribution in [1.29, 1.82) is 0 Å². The second-order valence-electron chi connectivity index (χ2n) is 6.35. The zero-order valence-electron chi connectivity index (χ0n) is 14.0. The molecule has 0 aliphatic rings. The van der Waals surface area contributed by atoms with Gasteiger partial charge in [0.1, 0.15) is 0 Å². The molecule has 21 heavy (non-hydrogen) atoms. The Bertz CT molecular complexity index is 315. The predicted molar refractivity (Wildman–Crippen MR) is 89.5 cm³/mol. The lowest BCUT2D eigenvalue weighted by atomic mass is 9.92. The van der Waals surface area contributed by atoms with E-state index in [0.717, 1.165) is 12.8 Å². The molecular formula is C15H32ClN3O2. The Labute approximate surface area is 135 Å². The number of amides is 2. The van der Waals surface area contributed by atoms with E-state index in [1.165, 1.54) is 0 Å². The second-order valence-corrected chi connectivity index (χ2v) is 6.35. The molecule has 0 aliphatic carbocycles. The molecule has 6 heteroatoms. The molecule has 0 unspecified atom stereocenters. The van der Waals surface area contributed by atoms with E-state index in [0.29, 0.717) is 25.9 Å². The van der Waals surface area contributed by atoms with Crippen LogP contribution in [0.15, 0.2) is 0 Å². The monoisotopic (exact) mass is 321 g/mol. The molecule has 0 spiro atoms. The molecule has 0 fully saturated rings. The van der Waals surface area contributed by atoms with Gasteiger partial charge in [0.15, 0.2) is 0 Å². The lowest BCUT2D eigenvalue weighted by molar-refractivity contribution is -0.129. The van der Waals surface area contributed by atoms with Crippen LogP contribution in [0.3, 0.4) is 0 Å². The van der Waals surface area contributed by atoms with Gasteiger partial charge in [0.2, 0.25) is 11.8 Å². The Morgan fingerprint density at radius 1 is 1.10 bits per heavy atom. The van der Waals surface area contributed by atoms with E-state index < -0.39 is 0 Å². The smallest absolute Gasteiger partial charge is 0.225 e. The van der Waals surface area contributed by atoms with E-state index >= 15 is 0 Å². The number of carbonyl (C=O) groups is 2. The van der Waals surface area contributed by atoms with Crippen LogP contribution in [-0.4, -0.2) is 30.4 Å². The van der Waals surface area contributed by atoms with Crippen LogP contribution in [0.2, 0.25) is 0 Å². The average Bonchev–Trinajstić information content (AvgIpc) is 2.39. The van der Waals surface area contributed by atoms with Crippen LogP contribution in [0, 0.1) is 5.41 Å². The van der Waals surface area contributed by atoms with Crippen molar-refractivity contribution in [3.8, 4) is 0 Å². The third-order valence-corrected chi connectivity index (χ3v) is 3.70. The number of nitrogens with one attached hydrogen (secondary N) is 2. The third-order valence-electron chi connectivity index (χ3n) is 3.70. The third kappa shape index (κ3) is 8.27. The first kappa shape index (κ1) is 22.5. The fraction of sp³-hybridized carbons (Fsp3) is 0.867. The van der Waals surface area contributed by atoms with Gasteiger partial charge in [0.05, 0.1) is 5.54 Å². The van der Waals surface area contributed by atoms with Crippen LogP contribution in [0.1, 0.15) is 60.3 Å². The Morgan fingerprint density at radius 2 is 1.62 bits per heavy atom. The summed E-state index contributed by atoms with van der Waals surface area (Å²) >= 11 is 0. The van der Waals surface area contributed by atoms with Crippen molar-refractivity contribution in [2.24, 2.45) is 11.1 Å². The molecule has 2 amide bonds. The molecule has 0 aromatic heterocycles. The normalized spacial score (nSPS) is 11.5. The molecule has 0 bridgehead atoms. The number of rotatable bonds is 8. The van der Waals surface area contributed by atoms with Crippen LogP contribution in [0.25, 0.3) is 0 Å². The topological polar surface area (TPSA) is 84.2 Å². The van der Waals surface area contributed by atoms with Crippen molar-refractivity contribution in [3.63, 3.8) is 0 Å². The van der Waals surface area contributed by atoms with Crippen molar-refractivity contribution in [3.05, 3.63) is 0 Å². The highest BCUT2D eigenvalue weighted by Gasteiger charge is 2.26. The number of carbonyl (C=O) groups excluding carboxylic acids is 2. The van der Waals surface area contributed by atoms with E-state index in [9.17, 15) is 9.59 Å². The minimum Gasteiger partial charge on any atom is -0.356 e. The molecular weight excluding hydrogens is 290 g/mol. The summed E-state index contributed by atoms with van der Waals surface area (Å²) in [5, 5.41) is 5.86. The quantitative estimate of drug-likeness (QED) is 0.598. The summed E-state index contributed by atoms with van der Waals surface area (Å²) in [5.41, 5.74) is 5.07. The molecule has 0 aromatic rings. The average molecular weight is 322 g/mol. The van der Waals surface area contributed by atoms with E-state index in [1.54, 1.807) is 0 Å². The van der Waals surface area contributed by atoms with Gasteiger partial charge in [-0.25, -0.2) is 0 Å². The molecule has 4 N–H and O–H groups in total. The maximum atomic E-state index is 11.9. The van der Waals surface area contributed by atoms with Gasteiger partial charge >= 0.3 is 0 Å². The molecule has 126 valence electrons. The minimum absolute atomic E-state index is 0. The first-order valence-corrected chi connectivity index (χ1v) is 7.50. The first-order chi connectivity index (χ1) is 9.20. The van der Waals surface area contributed by atoms with Crippen molar-refractivity contribution in [2.75, 3.05) is 13.1 Å². The van der Waals surface area contributed by atoms with E-state index in [4.69, 9.17) is 5.73 Å². The maximum absolute atomic E-state index is 11.9. The van der Waals surface area contributed by atoms with Gasteiger partial charge in [-0.15, -0.1) is 12.4 Å². The molecule has 0 saturated heterocycles. The second kappa shape index (κ2) is 10.0. The van der Waals surface area contributed by atoms with E-state index in [-0.39, 0.29) is 35.2 Å².